The Labute approximate surface area is 381 Å². The van der Waals surface area contributed by atoms with Crippen LogP contribution in [0.25, 0.3) is 11.1 Å². The maximum absolute atomic E-state index is 13.3. The molecule has 20 nitrogen and oxygen atoms in total. The first-order valence-corrected chi connectivity index (χ1v) is 21.6. The highest BCUT2D eigenvalue weighted by Gasteiger charge is 2.33. The van der Waals surface area contributed by atoms with Crippen LogP contribution in [0.1, 0.15) is 30.0 Å². The van der Waals surface area contributed by atoms with Crippen molar-refractivity contribution in [1.29, 1.82) is 0 Å². The van der Waals surface area contributed by atoms with Crippen LogP contribution in [0.4, 0.5) is 4.79 Å². The molecule has 65 heavy (non-hydrogen) atoms. The Morgan fingerprint density at radius 1 is 0.554 bits per heavy atom. The maximum Gasteiger partial charge on any atom is 0.412 e. The molecule has 0 N–H and O–H groups in total. The molecule has 1 aliphatic carbocycles. The van der Waals surface area contributed by atoms with Crippen molar-refractivity contribution in [1.82, 2.24) is 4.90 Å². The van der Waals surface area contributed by atoms with Crippen molar-refractivity contribution in [3.63, 3.8) is 0 Å². The van der Waals surface area contributed by atoms with Crippen LogP contribution in [0.15, 0.2) is 29.1 Å². The lowest BCUT2D eigenvalue weighted by Gasteiger charge is -2.27. The fraction of sp³-hybridized carbons (Fsp3) is 0.667. The van der Waals surface area contributed by atoms with Gasteiger partial charge in [-0.15, -0.1) is 0 Å². The van der Waals surface area contributed by atoms with Crippen molar-refractivity contribution in [2.45, 2.75) is 25.3 Å². The summed E-state index contributed by atoms with van der Waals surface area (Å²) in [6.45, 7) is 7.72. The van der Waals surface area contributed by atoms with E-state index in [9.17, 15) is 14.4 Å². The average Bonchev–Trinajstić information content (AvgIpc) is 3.57. The number of amides is 1. The molecule has 0 heterocycles. The van der Waals surface area contributed by atoms with E-state index < -0.39 is 24.9 Å². The van der Waals surface area contributed by atoms with Crippen LogP contribution in [0.5, 0.6) is 23.0 Å². The van der Waals surface area contributed by atoms with Crippen molar-refractivity contribution in [2.24, 2.45) is 0 Å². The lowest BCUT2D eigenvalue weighted by Crippen LogP contribution is -2.33. The molecule has 1 atom stereocenters. The molecule has 1 aliphatic rings. The molecule has 0 radical (unpaired) electrons. The fourth-order valence-electron chi connectivity index (χ4n) is 6.45. The van der Waals surface area contributed by atoms with Crippen LogP contribution in [0.2, 0.25) is 0 Å². The number of carbonyl (C=O) groups is 2. The minimum atomic E-state index is -0.755. The van der Waals surface area contributed by atoms with Gasteiger partial charge in [-0.25, -0.2) is 4.79 Å². The third kappa shape index (κ3) is 20.4. The van der Waals surface area contributed by atoms with Gasteiger partial charge in [-0.2, -0.15) is 0 Å². The zero-order valence-corrected chi connectivity index (χ0v) is 38.9. The van der Waals surface area contributed by atoms with Gasteiger partial charge in [-0.05, 0) is 47.7 Å². The minimum absolute atomic E-state index is 0.0522. The van der Waals surface area contributed by atoms with Gasteiger partial charge < -0.3 is 80.7 Å². The standard InChI is InChI=1S/C45H69NO19/c1-46(37-9-7-34-31-40(52-4)43(53-5)44(54-6)42(34)35-8-10-39(51-3)38(47)32-36(35)37)45(49)65-33-64-41(48)11-12-55-15-16-57-19-20-59-23-24-61-27-28-63-30-29-62-26-25-60-22-21-58-18-17-56-14-13-50-2/h8,10,31-32,37H,7,9,11-30,33H2,1-6H3/t37-/m0/s1. The SMILES string of the molecule is COCCOCCOCCOCCOCCOCCOCCOCCOCCOCCC(=O)OCOC(=O)N(C)[C@H]1CCc2cc(OC)c(OC)c(OC)c2-c2ccc(OC)c(=O)cc21. The molecule has 0 unspecified atom stereocenters. The number of aryl methyl sites for hydroxylation is 1. The summed E-state index contributed by atoms with van der Waals surface area (Å²) in [4.78, 5) is 40.2. The maximum atomic E-state index is 13.3. The highest BCUT2D eigenvalue weighted by atomic mass is 16.7. The van der Waals surface area contributed by atoms with Crippen LogP contribution in [0, 0.1) is 0 Å². The first-order chi connectivity index (χ1) is 31.8. The largest absolute Gasteiger partial charge is 0.493 e. The number of ether oxygens (including phenoxy) is 16. The summed E-state index contributed by atoms with van der Waals surface area (Å²) in [5.74, 6) is 0.805. The van der Waals surface area contributed by atoms with E-state index >= 15 is 0 Å². The first-order valence-electron chi connectivity index (χ1n) is 21.6. The molecule has 0 spiro atoms. The number of nitrogens with zero attached hydrogens (tertiary/aromatic N) is 1. The number of methoxy groups -OCH3 is 5. The number of hydrogen-bond donors (Lipinski definition) is 0. The van der Waals surface area contributed by atoms with E-state index in [0.717, 1.165) is 5.56 Å². The Kier molecular flexibility index (Phi) is 28.8. The number of hydrogen-bond acceptors (Lipinski definition) is 19. The van der Waals surface area contributed by atoms with Gasteiger partial charge in [0.15, 0.2) is 17.2 Å². The lowest BCUT2D eigenvalue weighted by atomic mass is 9.95. The van der Waals surface area contributed by atoms with Gasteiger partial charge in [-0.1, -0.05) is 6.07 Å². The molecule has 0 aliphatic heterocycles. The Hall–Kier alpha value is -4.35. The number of fused-ring (bicyclic) bond motifs is 3. The topological polar surface area (TPSA) is 202 Å². The van der Waals surface area contributed by atoms with Crippen LogP contribution in [-0.4, -0.2) is 192 Å². The van der Waals surface area contributed by atoms with E-state index in [2.05, 4.69) is 0 Å². The smallest absolute Gasteiger partial charge is 0.412 e. The molecule has 20 heteroatoms. The monoisotopic (exact) mass is 927 g/mol. The van der Waals surface area contributed by atoms with Crippen molar-refractivity contribution in [3.8, 4) is 34.1 Å². The van der Waals surface area contributed by atoms with Crippen molar-refractivity contribution < 1.29 is 85.4 Å². The molecule has 3 rings (SSSR count). The zero-order valence-electron chi connectivity index (χ0n) is 38.9. The molecule has 0 saturated carbocycles. The second-order valence-electron chi connectivity index (χ2n) is 13.9. The third-order valence-corrected chi connectivity index (χ3v) is 9.71. The van der Waals surface area contributed by atoms with Gasteiger partial charge >= 0.3 is 12.1 Å². The Bertz CT molecular complexity index is 1700. The summed E-state index contributed by atoms with van der Waals surface area (Å²) in [5.41, 5.74) is 2.37. The molecule has 2 aromatic rings. The predicted octanol–water partition coefficient (Wildman–Crippen LogP) is 3.49. The first kappa shape index (κ1) is 55.0. The van der Waals surface area contributed by atoms with Crippen LogP contribution >= 0.6 is 0 Å². The van der Waals surface area contributed by atoms with Crippen LogP contribution < -0.4 is 24.4 Å². The fourth-order valence-corrected chi connectivity index (χ4v) is 6.45. The van der Waals surface area contributed by atoms with E-state index in [0.29, 0.717) is 159 Å². The summed E-state index contributed by atoms with van der Waals surface area (Å²) >= 11 is 0. The summed E-state index contributed by atoms with van der Waals surface area (Å²) in [6.07, 6.45) is 0.0953. The van der Waals surface area contributed by atoms with Crippen molar-refractivity contribution in [3.05, 3.63) is 45.6 Å². The quantitative estimate of drug-likeness (QED) is 0.0541. The normalized spacial score (nSPS) is 13.0. The zero-order chi connectivity index (χ0) is 46.9. The molecule has 0 bridgehead atoms. The number of carbonyl (C=O) groups excluding carboxylic acids is 2. The Balaban J connectivity index is 1.19. The summed E-state index contributed by atoms with van der Waals surface area (Å²) in [7, 11) is 9.17. The molecular formula is C45H69NO19. The summed E-state index contributed by atoms with van der Waals surface area (Å²) in [5, 5.41) is 0. The molecule has 2 aromatic carbocycles. The molecular weight excluding hydrogens is 858 g/mol. The highest BCUT2D eigenvalue weighted by molar-refractivity contribution is 5.83. The van der Waals surface area contributed by atoms with Gasteiger partial charge in [0.2, 0.25) is 18.0 Å². The van der Waals surface area contributed by atoms with Crippen molar-refractivity contribution in [2.75, 3.05) is 175 Å². The van der Waals surface area contributed by atoms with Gasteiger partial charge in [0, 0.05) is 19.7 Å². The molecule has 0 saturated heterocycles. The summed E-state index contributed by atoms with van der Waals surface area (Å²) in [6, 6.07) is 6.03. The average molecular weight is 928 g/mol. The second-order valence-corrected chi connectivity index (χ2v) is 13.9. The van der Waals surface area contributed by atoms with Gasteiger partial charge in [0.25, 0.3) is 0 Å². The second kappa shape index (κ2) is 34.0. The molecule has 1 amide bonds. The molecule has 368 valence electrons. The van der Waals surface area contributed by atoms with Crippen molar-refractivity contribution >= 4 is 12.1 Å². The van der Waals surface area contributed by atoms with E-state index in [1.165, 1.54) is 39.4 Å². The number of rotatable bonds is 37. The predicted molar refractivity (Wildman–Crippen MR) is 234 cm³/mol. The van der Waals surface area contributed by atoms with E-state index in [1.54, 1.807) is 26.3 Å². The van der Waals surface area contributed by atoms with E-state index in [4.69, 9.17) is 75.8 Å². The molecule has 0 aromatic heterocycles. The Morgan fingerprint density at radius 2 is 1.02 bits per heavy atom. The number of esters is 1. The summed E-state index contributed by atoms with van der Waals surface area (Å²) < 4.78 is 86.8. The van der Waals surface area contributed by atoms with Gasteiger partial charge in [0.05, 0.1) is 166 Å². The van der Waals surface area contributed by atoms with E-state index in [1.807, 2.05) is 6.07 Å². The Morgan fingerprint density at radius 3 is 1.46 bits per heavy atom. The van der Waals surface area contributed by atoms with Gasteiger partial charge in [0.1, 0.15) is 0 Å². The number of benzene rings is 1. The third-order valence-electron chi connectivity index (χ3n) is 9.71. The molecule has 0 fully saturated rings. The van der Waals surface area contributed by atoms with Crippen LogP contribution in [0.3, 0.4) is 0 Å². The van der Waals surface area contributed by atoms with Gasteiger partial charge in [-0.3, -0.25) is 9.59 Å². The van der Waals surface area contributed by atoms with Crippen LogP contribution in [-0.2, 0) is 68.1 Å². The lowest BCUT2D eigenvalue weighted by molar-refractivity contribution is -0.153. The highest BCUT2D eigenvalue weighted by Crippen LogP contribution is 2.50. The van der Waals surface area contributed by atoms with E-state index in [-0.39, 0.29) is 30.8 Å². The minimum Gasteiger partial charge on any atom is -0.493 e.